The van der Waals surface area contributed by atoms with E-state index in [0.29, 0.717) is 6.67 Å². The molecule has 108 valence electrons. The van der Waals surface area contributed by atoms with Crippen molar-refractivity contribution in [1.82, 2.24) is 24.5 Å². The van der Waals surface area contributed by atoms with Crippen molar-refractivity contribution in [2.75, 3.05) is 16.7 Å². The Hall–Kier alpha value is -3.16. The SMILES string of the molecule is Cn1cc(N2CN=C3c4ccccc4-n4cncc4N32)nn1. The molecule has 3 aromatic rings. The fourth-order valence-electron chi connectivity index (χ4n) is 2.94. The second-order valence-electron chi connectivity index (χ2n) is 5.22. The number of aliphatic imine (C=N–C) groups is 1. The highest BCUT2D eigenvalue weighted by molar-refractivity contribution is 6.16. The van der Waals surface area contributed by atoms with Gasteiger partial charge in [-0.1, -0.05) is 17.3 Å². The number of anilines is 2. The number of amidine groups is 1. The van der Waals surface area contributed by atoms with Crippen LogP contribution in [-0.4, -0.2) is 37.0 Å². The van der Waals surface area contributed by atoms with Gasteiger partial charge in [-0.3, -0.25) is 9.25 Å². The first-order valence-electron chi connectivity index (χ1n) is 6.93. The Morgan fingerprint density at radius 2 is 2.09 bits per heavy atom. The first-order chi connectivity index (χ1) is 10.8. The van der Waals surface area contributed by atoms with E-state index < -0.39 is 0 Å². The summed E-state index contributed by atoms with van der Waals surface area (Å²) in [5.74, 6) is 2.61. The number of imidazole rings is 1. The number of aryl methyl sites for hydroxylation is 1. The number of para-hydroxylation sites is 1. The van der Waals surface area contributed by atoms with Gasteiger partial charge < -0.3 is 0 Å². The number of hydrogen-bond acceptors (Lipinski definition) is 6. The third-order valence-electron chi connectivity index (χ3n) is 3.89. The predicted molar refractivity (Wildman–Crippen MR) is 80.9 cm³/mol. The lowest BCUT2D eigenvalue weighted by atomic mass is 10.1. The van der Waals surface area contributed by atoms with E-state index in [1.807, 2.05) is 47.9 Å². The Bertz CT molecular complexity index is 905. The molecule has 5 rings (SSSR count). The van der Waals surface area contributed by atoms with Gasteiger partial charge in [-0.25, -0.2) is 20.0 Å². The fourth-order valence-corrected chi connectivity index (χ4v) is 2.94. The molecule has 0 spiro atoms. The van der Waals surface area contributed by atoms with E-state index in [4.69, 9.17) is 4.99 Å². The predicted octanol–water partition coefficient (Wildman–Crippen LogP) is 0.960. The lowest BCUT2D eigenvalue weighted by molar-refractivity contribution is 0.713. The summed E-state index contributed by atoms with van der Waals surface area (Å²) in [4.78, 5) is 8.99. The second kappa shape index (κ2) is 3.94. The maximum Gasteiger partial charge on any atom is 0.191 e. The van der Waals surface area contributed by atoms with Crippen molar-refractivity contribution in [2.45, 2.75) is 0 Å². The van der Waals surface area contributed by atoms with Crippen molar-refractivity contribution in [1.29, 1.82) is 0 Å². The molecule has 8 nitrogen and oxygen atoms in total. The van der Waals surface area contributed by atoms with Crippen LogP contribution >= 0.6 is 0 Å². The lowest BCUT2D eigenvalue weighted by Gasteiger charge is -2.33. The average molecular weight is 292 g/mol. The minimum Gasteiger partial charge on any atom is -0.283 e. The van der Waals surface area contributed by atoms with E-state index in [2.05, 4.69) is 32.0 Å². The molecule has 0 fully saturated rings. The molecule has 2 aliphatic rings. The third kappa shape index (κ3) is 1.36. The maximum absolute atomic E-state index is 4.69. The molecule has 2 aliphatic heterocycles. The van der Waals surface area contributed by atoms with Crippen LogP contribution in [-0.2, 0) is 7.05 Å². The zero-order valence-corrected chi connectivity index (χ0v) is 11.8. The Balaban J connectivity index is 1.71. The summed E-state index contributed by atoms with van der Waals surface area (Å²) >= 11 is 0. The molecule has 0 saturated heterocycles. The highest BCUT2D eigenvalue weighted by atomic mass is 15.7. The molecule has 4 heterocycles. The van der Waals surface area contributed by atoms with E-state index in [9.17, 15) is 0 Å². The average Bonchev–Trinajstić information content (AvgIpc) is 3.25. The van der Waals surface area contributed by atoms with Crippen LogP contribution in [0.2, 0.25) is 0 Å². The first kappa shape index (κ1) is 11.5. The molecule has 0 saturated carbocycles. The van der Waals surface area contributed by atoms with Gasteiger partial charge in [-0.05, 0) is 12.1 Å². The third-order valence-corrected chi connectivity index (χ3v) is 3.89. The molecule has 0 unspecified atom stereocenters. The van der Waals surface area contributed by atoms with Crippen LogP contribution in [0.4, 0.5) is 11.6 Å². The molecule has 0 radical (unpaired) electrons. The Morgan fingerprint density at radius 3 is 2.95 bits per heavy atom. The largest absolute Gasteiger partial charge is 0.283 e. The summed E-state index contributed by atoms with van der Waals surface area (Å²) in [6, 6.07) is 8.19. The number of hydrogen-bond donors (Lipinski definition) is 0. The van der Waals surface area contributed by atoms with Gasteiger partial charge in [0, 0.05) is 12.6 Å². The smallest absolute Gasteiger partial charge is 0.191 e. The summed E-state index contributed by atoms with van der Waals surface area (Å²) in [5.41, 5.74) is 2.17. The van der Waals surface area contributed by atoms with Crippen molar-refractivity contribution in [3.63, 3.8) is 0 Å². The quantitative estimate of drug-likeness (QED) is 0.668. The first-order valence-corrected chi connectivity index (χ1v) is 6.93. The molecule has 0 bridgehead atoms. The summed E-state index contributed by atoms with van der Waals surface area (Å²) in [7, 11) is 1.85. The van der Waals surface area contributed by atoms with Gasteiger partial charge in [0.2, 0.25) is 0 Å². The van der Waals surface area contributed by atoms with E-state index in [1.165, 1.54) is 0 Å². The zero-order chi connectivity index (χ0) is 14.7. The van der Waals surface area contributed by atoms with E-state index in [0.717, 1.165) is 28.7 Å². The van der Waals surface area contributed by atoms with Crippen LogP contribution in [0.25, 0.3) is 5.69 Å². The van der Waals surface area contributed by atoms with Crippen LogP contribution < -0.4 is 10.0 Å². The summed E-state index contributed by atoms with van der Waals surface area (Å²) < 4.78 is 3.74. The van der Waals surface area contributed by atoms with Crippen LogP contribution in [0.5, 0.6) is 0 Å². The number of aromatic nitrogens is 5. The number of rotatable bonds is 1. The van der Waals surface area contributed by atoms with Gasteiger partial charge in [0.05, 0.1) is 18.1 Å². The van der Waals surface area contributed by atoms with Gasteiger partial charge in [0.25, 0.3) is 0 Å². The summed E-state index contributed by atoms with van der Waals surface area (Å²) in [6.07, 6.45) is 5.53. The zero-order valence-electron chi connectivity index (χ0n) is 11.8. The summed E-state index contributed by atoms with van der Waals surface area (Å²) in [5, 5.41) is 12.2. The minimum atomic E-state index is 0.507. The normalized spacial score (nSPS) is 15.4. The molecule has 1 aromatic carbocycles. The molecule has 22 heavy (non-hydrogen) atoms. The topological polar surface area (TPSA) is 67.4 Å². The molecular formula is C14H12N8. The number of fused-ring (bicyclic) bond motifs is 6. The van der Waals surface area contributed by atoms with Crippen LogP contribution in [0.1, 0.15) is 5.56 Å². The van der Waals surface area contributed by atoms with Crippen molar-refractivity contribution < 1.29 is 0 Å². The minimum absolute atomic E-state index is 0.507. The van der Waals surface area contributed by atoms with Gasteiger partial charge >= 0.3 is 0 Å². The maximum atomic E-state index is 4.69. The van der Waals surface area contributed by atoms with Crippen molar-refractivity contribution in [3.05, 3.63) is 48.5 Å². The van der Waals surface area contributed by atoms with Gasteiger partial charge in [0.15, 0.2) is 17.5 Å². The van der Waals surface area contributed by atoms with Crippen LogP contribution in [0, 0.1) is 0 Å². The lowest BCUT2D eigenvalue weighted by Crippen LogP contribution is -2.45. The molecule has 0 aliphatic carbocycles. The number of benzene rings is 1. The van der Waals surface area contributed by atoms with Crippen LogP contribution in [0.3, 0.4) is 0 Å². The fraction of sp³-hybridized carbons (Fsp3) is 0.143. The molecule has 0 amide bonds. The van der Waals surface area contributed by atoms with Crippen LogP contribution in [0.15, 0.2) is 48.0 Å². The van der Waals surface area contributed by atoms with E-state index in [-0.39, 0.29) is 0 Å². The standard InChI is InChI=1S/C14H12N8/c1-19-7-12(17-18-19)21-9-16-14-10-4-2-3-5-11(10)20-8-15-6-13(20)22(14)21/h2-8H,9H2,1H3. The van der Waals surface area contributed by atoms with Gasteiger partial charge in [0.1, 0.15) is 13.0 Å². The Labute approximate surface area is 125 Å². The monoisotopic (exact) mass is 292 g/mol. The highest BCUT2D eigenvalue weighted by Crippen LogP contribution is 2.35. The van der Waals surface area contributed by atoms with Gasteiger partial charge in [-0.15, -0.1) is 5.10 Å². The van der Waals surface area contributed by atoms with E-state index in [1.54, 1.807) is 4.68 Å². The van der Waals surface area contributed by atoms with Gasteiger partial charge in [-0.2, -0.15) is 0 Å². The molecule has 0 N–H and O–H groups in total. The van der Waals surface area contributed by atoms with Crippen molar-refractivity contribution in [2.24, 2.45) is 12.0 Å². The van der Waals surface area contributed by atoms with Crippen molar-refractivity contribution >= 4 is 17.5 Å². The number of hydrazine groups is 1. The number of nitrogens with zero attached hydrogens (tertiary/aromatic N) is 8. The molecule has 8 heteroatoms. The summed E-state index contributed by atoms with van der Waals surface area (Å²) in [6.45, 7) is 0.507. The van der Waals surface area contributed by atoms with E-state index >= 15 is 0 Å². The molecular weight excluding hydrogens is 280 g/mol. The highest BCUT2D eigenvalue weighted by Gasteiger charge is 2.37. The molecule has 2 aromatic heterocycles. The Kier molecular flexibility index (Phi) is 2.06. The second-order valence-corrected chi connectivity index (χ2v) is 5.22. The Morgan fingerprint density at radius 1 is 1.18 bits per heavy atom. The molecule has 0 atom stereocenters. The van der Waals surface area contributed by atoms with Crippen molar-refractivity contribution in [3.8, 4) is 5.69 Å².